The van der Waals surface area contributed by atoms with Crippen molar-refractivity contribution in [2.45, 2.75) is 83.0 Å². The Hall–Kier alpha value is -1.46. The minimum Gasteiger partial charge on any atom is -0.490 e. The molecule has 150 valence electrons. The van der Waals surface area contributed by atoms with Crippen molar-refractivity contribution in [3.63, 3.8) is 0 Å². The summed E-state index contributed by atoms with van der Waals surface area (Å²) in [5, 5.41) is 3.62. The zero-order chi connectivity index (χ0) is 19.6. The van der Waals surface area contributed by atoms with Crippen molar-refractivity contribution >= 4 is 23.2 Å². The molecule has 1 aromatic rings. The minimum atomic E-state index is -0.120. The number of amides is 1. The van der Waals surface area contributed by atoms with Gasteiger partial charge in [0.15, 0.2) is 0 Å². The number of halogens is 1. The van der Waals surface area contributed by atoms with Gasteiger partial charge < -0.3 is 20.7 Å². The van der Waals surface area contributed by atoms with Gasteiger partial charge in [0.2, 0.25) is 0 Å². The molecule has 0 aromatic heterocycles. The average molecular weight is 394 g/mol. The molecule has 2 bridgehead atoms. The van der Waals surface area contributed by atoms with Crippen molar-refractivity contribution < 1.29 is 9.53 Å². The van der Waals surface area contributed by atoms with Crippen LogP contribution in [0.4, 0.5) is 5.69 Å². The number of anilines is 1. The van der Waals surface area contributed by atoms with E-state index in [1.165, 1.54) is 19.3 Å². The maximum atomic E-state index is 13.1. The Morgan fingerprint density at radius 2 is 1.93 bits per heavy atom. The number of nitrogens with one attached hydrogen (secondary N) is 1. The second-order valence-corrected chi connectivity index (χ2v) is 8.38. The maximum absolute atomic E-state index is 13.1. The second kappa shape index (κ2) is 8.70. The molecule has 5 nitrogen and oxygen atoms in total. The number of fused-ring (bicyclic) bond motifs is 2. The number of nitrogens with zero attached hydrogens (tertiary/aromatic N) is 1. The monoisotopic (exact) mass is 393 g/mol. The van der Waals surface area contributed by atoms with E-state index in [1.54, 1.807) is 12.1 Å². The van der Waals surface area contributed by atoms with Gasteiger partial charge in [0.1, 0.15) is 5.75 Å². The van der Waals surface area contributed by atoms with Crippen LogP contribution in [0.15, 0.2) is 12.1 Å². The number of piperidine rings is 2. The molecule has 2 unspecified atom stereocenters. The van der Waals surface area contributed by atoms with E-state index in [1.807, 2.05) is 0 Å². The van der Waals surface area contributed by atoms with E-state index in [-0.39, 0.29) is 18.1 Å². The molecule has 27 heavy (non-hydrogen) atoms. The van der Waals surface area contributed by atoms with E-state index in [2.05, 4.69) is 31.1 Å². The predicted molar refractivity (Wildman–Crippen MR) is 111 cm³/mol. The van der Waals surface area contributed by atoms with E-state index in [0.29, 0.717) is 34.1 Å². The molecule has 6 heteroatoms. The molecule has 2 heterocycles. The van der Waals surface area contributed by atoms with Crippen molar-refractivity contribution in [3.05, 3.63) is 22.7 Å². The van der Waals surface area contributed by atoms with Crippen LogP contribution in [0.1, 0.15) is 69.2 Å². The van der Waals surface area contributed by atoms with Crippen molar-refractivity contribution in [2.75, 3.05) is 12.8 Å². The number of nitrogen functional groups attached to an aromatic ring is 1. The van der Waals surface area contributed by atoms with E-state index in [0.717, 1.165) is 25.7 Å². The molecule has 0 saturated carbocycles. The third kappa shape index (κ3) is 4.52. The Bertz CT molecular complexity index is 664. The zero-order valence-electron chi connectivity index (χ0n) is 16.6. The van der Waals surface area contributed by atoms with Gasteiger partial charge in [-0.3, -0.25) is 4.79 Å². The summed E-state index contributed by atoms with van der Waals surface area (Å²) in [6, 6.07) is 4.65. The normalized spacial score (nSPS) is 25.4. The van der Waals surface area contributed by atoms with Crippen LogP contribution in [0.5, 0.6) is 5.75 Å². The number of hydrogen-bond donors (Lipinski definition) is 2. The van der Waals surface area contributed by atoms with Gasteiger partial charge in [-0.05, 0) is 51.6 Å². The summed E-state index contributed by atoms with van der Waals surface area (Å²) in [6.45, 7) is 4.15. The molecule has 0 aliphatic carbocycles. The zero-order valence-corrected chi connectivity index (χ0v) is 17.4. The topological polar surface area (TPSA) is 67.6 Å². The van der Waals surface area contributed by atoms with E-state index < -0.39 is 0 Å². The number of ether oxygens (including phenoxy) is 1. The lowest BCUT2D eigenvalue weighted by Gasteiger charge is -2.47. The molecule has 0 radical (unpaired) electrons. The standard InChI is InChI=1S/C21H32ClN3O2/c1-4-16(5-2)27-20-12-19(23)18(22)11-17(20)21(26)24-13-9-14-7-6-8-15(10-13)25(14)3/h11-16H,4-10,23H2,1-3H3,(H,24,26). The number of hydrogen-bond acceptors (Lipinski definition) is 4. The number of carbonyl (C=O) groups is 1. The fourth-order valence-electron chi connectivity index (χ4n) is 4.48. The summed E-state index contributed by atoms with van der Waals surface area (Å²) in [6.07, 6.45) is 7.54. The number of rotatable bonds is 6. The largest absolute Gasteiger partial charge is 0.490 e. The lowest BCUT2D eigenvalue weighted by Crippen LogP contribution is -2.55. The van der Waals surface area contributed by atoms with Crippen molar-refractivity contribution in [1.29, 1.82) is 0 Å². The average Bonchev–Trinajstić information content (AvgIpc) is 2.63. The van der Waals surface area contributed by atoms with Crippen LogP contribution >= 0.6 is 11.6 Å². The van der Waals surface area contributed by atoms with Gasteiger partial charge in [-0.15, -0.1) is 0 Å². The van der Waals surface area contributed by atoms with Crippen LogP contribution in [-0.2, 0) is 0 Å². The van der Waals surface area contributed by atoms with Gasteiger partial charge in [0.25, 0.3) is 5.91 Å². The van der Waals surface area contributed by atoms with Crippen LogP contribution < -0.4 is 15.8 Å². The van der Waals surface area contributed by atoms with E-state index in [9.17, 15) is 4.79 Å². The summed E-state index contributed by atoms with van der Waals surface area (Å²) in [4.78, 5) is 15.5. The van der Waals surface area contributed by atoms with Gasteiger partial charge in [-0.2, -0.15) is 0 Å². The fraction of sp³-hybridized carbons (Fsp3) is 0.667. The third-order valence-electron chi connectivity index (χ3n) is 6.22. The van der Waals surface area contributed by atoms with E-state index >= 15 is 0 Å². The van der Waals surface area contributed by atoms with E-state index in [4.69, 9.17) is 22.1 Å². The summed E-state index contributed by atoms with van der Waals surface area (Å²) < 4.78 is 6.07. The molecule has 2 aliphatic rings. The Balaban J connectivity index is 1.76. The van der Waals surface area contributed by atoms with Crippen molar-refractivity contribution in [3.8, 4) is 5.75 Å². The van der Waals surface area contributed by atoms with Crippen molar-refractivity contribution in [2.24, 2.45) is 0 Å². The Kier molecular flexibility index (Phi) is 6.53. The highest BCUT2D eigenvalue weighted by molar-refractivity contribution is 6.33. The number of benzene rings is 1. The molecular weight excluding hydrogens is 362 g/mol. The fourth-order valence-corrected chi connectivity index (χ4v) is 4.64. The minimum absolute atomic E-state index is 0.0554. The highest BCUT2D eigenvalue weighted by atomic mass is 35.5. The highest BCUT2D eigenvalue weighted by Gasteiger charge is 2.36. The molecule has 1 aromatic carbocycles. The quantitative estimate of drug-likeness (QED) is 0.709. The third-order valence-corrected chi connectivity index (χ3v) is 6.55. The van der Waals surface area contributed by atoms with Crippen LogP contribution in [0, 0.1) is 0 Å². The van der Waals surface area contributed by atoms with Crippen LogP contribution in [-0.4, -0.2) is 42.1 Å². The molecule has 2 atom stereocenters. The molecular formula is C21H32ClN3O2. The Labute approximate surface area is 167 Å². The molecule has 3 rings (SSSR count). The first kappa shape index (κ1) is 20.3. The molecule has 2 saturated heterocycles. The summed E-state index contributed by atoms with van der Waals surface area (Å²) in [5.41, 5.74) is 6.87. The Morgan fingerprint density at radius 1 is 1.30 bits per heavy atom. The van der Waals surface area contributed by atoms with Crippen LogP contribution in [0.25, 0.3) is 0 Å². The molecule has 2 aliphatic heterocycles. The van der Waals surface area contributed by atoms with Gasteiger partial charge in [0.05, 0.1) is 22.4 Å². The first-order valence-electron chi connectivity index (χ1n) is 10.2. The van der Waals surface area contributed by atoms with Gasteiger partial charge in [0, 0.05) is 24.2 Å². The predicted octanol–water partition coefficient (Wildman–Crippen LogP) is 4.23. The van der Waals surface area contributed by atoms with Crippen molar-refractivity contribution in [1.82, 2.24) is 10.2 Å². The van der Waals surface area contributed by atoms with Gasteiger partial charge >= 0.3 is 0 Å². The molecule has 1 amide bonds. The summed E-state index contributed by atoms with van der Waals surface area (Å²) >= 11 is 6.21. The smallest absolute Gasteiger partial charge is 0.255 e. The lowest BCUT2D eigenvalue weighted by atomic mass is 9.82. The van der Waals surface area contributed by atoms with Crippen LogP contribution in [0.2, 0.25) is 5.02 Å². The molecule has 0 spiro atoms. The SMILES string of the molecule is CCC(CC)Oc1cc(N)c(Cl)cc1C(=O)NC1CC2CCCC(C1)N2C. The lowest BCUT2D eigenvalue weighted by molar-refractivity contribution is 0.0462. The highest BCUT2D eigenvalue weighted by Crippen LogP contribution is 2.34. The number of carbonyl (C=O) groups excluding carboxylic acids is 1. The van der Waals surface area contributed by atoms with Crippen LogP contribution in [0.3, 0.4) is 0 Å². The molecule has 2 fully saturated rings. The van der Waals surface area contributed by atoms with Gasteiger partial charge in [-0.25, -0.2) is 0 Å². The number of nitrogens with two attached hydrogens (primary N) is 1. The molecule has 3 N–H and O–H groups in total. The van der Waals surface area contributed by atoms with Gasteiger partial charge in [-0.1, -0.05) is 31.9 Å². The first-order valence-corrected chi connectivity index (χ1v) is 10.6. The first-order chi connectivity index (χ1) is 12.9. The Morgan fingerprint density at radius 3 is 2.52 bits per heavy atom. The maximum Gasteiger partial charge on any atom is 0.255 e. The second-order valence-electron chi connectivity index (χ2n) is 7.97. The summed E-state index contributed by atoms with van der Waals surface area (Å²) in [7, 11) is 2.22. The summed E-state index contributed by atoms with van der Waals surface area (Å²) in [5.74, 6) is 0.404.